The van der Waals surface area contributed by atoms with Crippen LogP contribution in [0.2, 0.25) is 0 Å². The van der Waals surface area contributed by atoms with E-state index in [0.29, 0.717) is 19.7 Å². The smallest absolute Gasteiger partial charge is 0.239 e. The van der Waals surface area contributed by atoms with Gasteiger partial charge in [-0.15, -0.1) is 12.4 Å². The zero-order valence-electron chi connectivity index (χ0n) is 9.76. The molecular formula is C10H21ClN2O3. The van der Waals surface area contributed by atoms with Crippen molar-refractivity contribution < 1.29 is 14.6 Å². The standard InChI is InChI=1S/C10H20N2O3.ClH/c1-7(2)9(11)10(14)12-3-4-15-8(5-12)6-13;/h7-9,13H,3-6,11H2,1-2H3;1H/t8?,9-;/m1./s1. The third kappa shape index (κ3) is 3.90. The van der Waals surface area contributed by atoms with E-state index in [4.69, 9.17) is 15.6 Å². The molecule has 1 fully saturated rings. The fourth-order valence-corrected chi connectivity index (χ4v) is 1.53. The van der Waals surface area contributed by atoms with Crippen molar-refractivity contribution in [1.29, 1.82) is 0 Å². The van der Waals surface area contributed by atoms with E-state index in [1.165, 1.54) is 0 Å². The van der Waals surface area contributed by atoms with E-state index in [0.717, 1.165) is 0 Å². The summed E-state index contributed by atoms with van der Waals surface area (Å²) >= 11 is 0. The van der Waals surface area contributed by atoms with Crippen molar-refractivity contribution in [2.75, 3.05) is 26.3 Å². The Morgan fingerprint density at radius 3 is 2.75 bits per heavy atom. The molecule has 0 aromatic rings. The van der Waals surface area contributed by atoms with Gasteiger partial charge in [-0.25, -0.2) is 0 Å². The summed E-state index contributed by atoms with van der Waals surface area (Å²) in [5, 5.41) is 8.94. The molecule has 16 heavy (non-hydrogen) atoms. The molecule has 3 N–H and O–H groups in total. The Morgan fingerprint density at radius 1 is 1.62 bits per heavy atom. The summed E-state index contributed by atoms with van der Waals surface area (Å²) < 4.78 is 5.26. The lowest BCUT2D eigenvalue weighted by Crippen LogP contribution is -2.53. The Labute approximate surface area is 102 Å². The zero-order chi connectivity index (χ0) is 11.4. The van der Waals surface area contributed by atoms with Crippen LogP contribution in [0.1, 0.15) is 13.8 Å². The molecule has 96 valence electrons. The Kier molecular flexibility index (Phi) is 6.90. The number of halogens is 1. The molecule has 0 aromatic heterocycles. The van der Waals surface area contributed by atoms with E-state index in [2.05, 4.69) is 0 Å². The number of ether oxygens (including phenoxy) is 1. The van der Waals surface area contributed by atoms with E-state index in [1.54, 1.807) is 4.90 Å². The van der Waals surface area contributed by atoms with Crippen LogP contribution < -0.4 is 5.73 Å². The quantitative estimate of drug-likeness (QED) is 0.718. The van der Waals surface area contributed by atoms with Gasteiger partial charge in [0.15, 0.2) is 0 Å². The Morgan fingerprint density at radius 2 is 2.25 bits per heavy atom. The highest BCUT2D eigenvalue weighted by molar-refractivity contribution is 5.85. The molecule has 2 atom stereocenters. The van der Waals surface area contributed by atoms with Crippen molar-refractivity contribution >= 4 is 18.3 Å². The summed E-state index contributed by atoms with van der Waals surface area (Å²) in [7, 11) is 0. The van der Waals surface area contributed by atoms with E-state index >= 15 is 0 Å². The van der Waals surface area contributed by atoms with Crippen LogP contribution in [0.4, 0.5) is 0 Å². The zero-order valence-corrected chi connectivity index (χ0v) is 10.6. The van der Waals surface area contributed by atoms with Crippen molar-refractivity contribution in [1.82, 2.24) is 4.90 Å². The predicted molar refractivity (Wildman–Crippen MR) is 63.5 cm³/mol. The highest BCUT2D eigenvalue weighted by Gasteiger charge is 2.28. The van der Waals surface area contributed by atoms with Gasteiger partial charge in [-0.3, -0.25) is 4.79 Å². The fraction of sp³-hybridized carbons (Fsp3) is 0.900. The second kappa shape index (κ2) is 7.06. The van der Waals surface area contributed by atoms with Gasteiger partial charge in [0.25, 0.3) is 0 Å². The number of nitrogens with two attached hydrogens (primary N) is 1. The molecular weight excluding hydrogens is 232 g/mol. The van der Waals surface area contributed by atoms with Crippen LogP contribution >= 0.6 is 12.4 Å². The highest BCUT2D eigenvalue weighted by atomic mass is 35.5. The minimum atomic E-state index is -0.456. The summed E-state index contributed by atoms with van der Waals surface area (Å²) in [6, 6.07) is -0.456. The van der Waals surface area contributed by atoms with Gasteiger partial charge in [0.1, 0.15) is 0 Å². The molecule has 1 aliphatic heterocycles. The van der Waals surface area contributed by atoms with Gasteiger partial charge < -0.3 is 20.5 Å². The number of morpholine rings is 1. The average molecular weight is 253 g/mol. The topological polar surface area (TPSA) is 75.8 Å². The van der Waals surface area contributed by atoms with Crippen molar-refractivity contribution in [3.05, 3.63) is 0 Å². The second-order valence-electron chi connectivity index (χ2n) is 4.23. The number of carbonyl (C=O) groups is 1. The predicted octanol–water partition coefficient (Wildman–Crippen LogP) is -0.389. The summed E-state index contributed by atoms with van der Waals surface area (Å²) in [5.74, 6) is 0.0830. The molecule has 1 saturated heterocycles. The van der Waals surface area contributed by atoms with Crippen LogP contribution in [0.5, 0.6) is 0 Å². The molecule has 0 spiro atoms. The first-order chi connectivity index (χ1) is 7.06. The van der Waals surface area contributed by atoms with E-state index in [9.17, 15) is 4.79 Å². The maximum atomic E-state index is 11.9. The van der Waals surface area contributed by atoms with Crippen LogP contribution in [-0.2, 0) is 9.53 Å². The molecule has 1 aliphatic rings. The number of carbonyl (C=O) groups excluding carboxylic acids is 1. The molecule has 1 rings (SSSR count). The molecule has 1 amide bonds. The lowest BCUT2D eigenvalue weighted by atomic mass is 10.0. The number of amides is 1. The maximum Gasteiger partial charge on any atom is 0.239 e. The lowest BCUT2D eigenvalue weighted by molar-refractivity contribution is -0.142. The van der Waals surface area contributed by atoms with E-state index in [1.807, 2.05) is 13.8 Å². The molecule has 0 radical (unpaired) electrons. The summed E-state index contributed by atoms with van der Waals surface area (Å²) in [4.78, 5) is 13.5. The first kappa shape index (κ1) is 15.6. The maximum absolute atomic E-state index is 11.9. The molecule has 1 unspecified atom stereocenters. The van der Waals surface area contributed by atoms with E-state index in [-0.39, 0.29) is 36.9 Å². The molecule has 0 bridgehead atoms. The Hall–Kier alpha value is -0.360. The van der Waals surface area contributed by atoms with Crippen molar-refractivity contribution in [2.45, 2.75) is 26.0 Å². The molecule has 0 aromatic carbocycles. The Bertz CT molecular complexity index is 226. The summed E-state index contributed by atoms with van der Waals surface area (Å²) in [5.41, 5.74) is 5.78. The normalized spacial score (nSPS) is 22.8. The minimum absolute atomic E-state index is 0. The van der Waals surface area contributed by atoms with Gasteiger partial charge in [0, 0.05) is 13.1 Å². The van der Waals surface area contributed by atoms with Gasteiger partial charge in [-0.2, -0.15) is 0 Å². The summed E-state index contributed by atoms with van der Waals surface area (Å²) in [6.45, 7) is 5.27. The number of aliphatic hydroxyl groups is 1. The highest BCUT2D eigenvalue weighted by Crippen LogP contribution is 2.09. The summed E-state index contributed by atoms with van der Waals surface area (Å²) in [6.07, 6.45) is -0.262. The van der Waals surface area contributed by atoms with Crippen LogP contribution in [0.3, 0.4) is 0 Å². The van der Waals surface area contributed by atoms with Gasteiger partial charge >= 0.3 is 0 Å². The molecule has 6 heteroatoms. The largest absolute Gasteiger partial charge is 0.394 e. The number of aliphatic hydroxyl groups excluding tert-OH is 1. The monoisotopic (exact) mass is 252 g/mol. The van der Waals surface area contributed by atoms with Gasteiger partial charge in [-0.1, -0.05) is 13.8 Å². The number of nitrogens with zero attached hydrogens (tertiary/aromatic N) is 1. The molecule has 5 nitrogen and oxygen atoms in total. The minimum Gasteiger partial charge on any atom is -0.394 e. The van der Waals surface area contributed by atoms with Crippen LogP contribution in [0.15, 0.2) is 0 Å². The number of hydrogen-bond donors (Lipinski definition) is 2. The number of rotatable bonds is 3. The first-order valence-electron chi connectivity index (χ1n) is 5.33. The SMILES string of the molecule is CC(C)[C@@H](N)C(=O)N1CCOC(CO)C1.Cl. The van der Waals surface area contributed by atoms with Gasteiger partial charge in [-0.05, 0) is 5.92 Å². The van der Waals surface area contributed by atoms with Gasteiger partial charge in [0.05, 0.1) is 25.4 Å². The van der Waals surface area contributed by atoms with Gasteiger partial charge in [0.2, 0.25) is 5.91 Å². The first-order valence-corrected chi connectivity index (χ1v) is 5.33. The molecule has 1 heterocycles. The molecule has 0 saturated carbocycles. The van der Waals surface area contributed by atoms with Crippen molar-refractivity contribution in [2.24, 2.45) is 11.7 Å². The lowest BCUT2D eigenvalue weighted by Gasteiger charge is -2.34. The second-order valence-corrected chi connectivity index (χ2v) is 4.23. The van der Waals surface area contributed by atoms with Crippen LogP contribution in [0.25, 0.3) is 0 Å². The van der Waals surface area contributed by atoms with Crippen molar-refractivity contribution in [3.63, 3.8) is 0 Å². The van der Waals surface area contributed by atoms with Crippen molar-refractivity contribution in [3.8, 4) is 0 Å². The van der Waals surface area contributed by atoms with E-state index < -0.39 is 6.04 Å². The molecule has 0 aliphatic carbocycles. The average Bonchev–Trinajstić information content (AvgIpc) is 2.27. The third-order valence-corrected chi connectivity index (χ3v) is 2.66. The Balaban J connectivity index is 0.00000225. The number of hydrogen-bond acceptors (Lipinski definition) is 4. The third-order valence-electron chi connectivity index (χ3n) is 2.66. The van der Waals surface area contributed by atoms with Crippen LogP contribution in [0, 0.1) is 5.92 Å². The fourth-order valence-electron chi connectivity index (χ4n) is 1.53. The van der Waals surface area contributed by atoms with Crippen LogP contribution in [-0.4, -0.2) is 54.4 Å².